The van der Waals surface area contributed by atoms with Crippen LogP contribution in [0.5, 0.6) is 11.5 Å². The molecule has 2 aromatic heterocycles. The lowest BCUT2D eigenvalue weighted by molar-refractivity contribution is 0.0846. The molecule has 158 valence electrons. The van der Waals surface area contributed by atoms with Crippen LogP contribution < -0.4 is 14.8 Å². The number of fused-ring (bicyclic) bond motifs is 1. The van der Waals surface area contributed by atoms with E-state index in [2.05, 4.69) is 5.32 Å². The first kappa shape index (κ1) is 20.2. The maximum atomic E-state index is 13.1. The van der Waals surface area contributed by atoms with E-state index in [1.54, 1.807) is 26.5 Å². The molecule has 1 aromatic carbocycles. The van der Waals surface area contributed by atoms with Gasteiger partial charge in [-0.15, -0.1) is 0 Å². The van der Waals surface area contributed by atoms with Crippen molar-refractivity contribution in [3.63, 3.8) is 0 Å². The number of anilines is 1. The summed E-state index contributed by atoms with van der Waals surface area (Å²) in [6.07, 6.45) is 5.69. The highest BCUT2D eigenvalue weighted by Gasteiger charge is 2.21. The number of carbonyl (C=O) groups is 1. The number of aromatic nitrogens is 2. The Hall–Kier alpha value is -3.06. The molecule has 1 aliphatic heterocycles. The van der Waals surface area contributed by atoms with Gasteiger partial charge in [0.2, 0.25) is 0 Å². The van der Waals surface area contributed by atoms with Gasteiger partial charge in [0.15, 0.2) is 0 Å². The molecule has 1 aliphatic rings. The molecule has 30 heavy (non-hydrogen) atoms. The predicted molar refractivity (Wildman–Crippen MR) is 115 cm³/mol. The zero-order valence-electron chi connectivity index (χ0n) is 17.8. The number of benzene rings is 1. The Morgan fingerprint density at radius 3 is 2.60 bits per heavy atom. The van der Waals surface area contributed by atoms with Crippen LogP contribution in [0.25, 0.3) is 5.65 Å². The number of nitrogens with zero attached hydrogens (tertiary/aromatic N) is 2. The molecule has 0 unspecified atom stereocenters. The molecule has 3 aromatic rings. The lowest BCUT2D eigenvalue weighted by Crippen LogP contribution is -2.15. The van der Waals surface area contributed by atoms with Crippen molar-refractivity contribution in [3.05, 3.63) is 53.0 Å². The van der Waals surface area contributed by atoms with Gasteiger partial charge in [-0.2, -0.15) is 0 Å². The summed E-state index contributed by atoms with van der Waals surface area (Å²) in [6, 6.07) is 5.72. The van der Waals surface area contributed by atoms with Crippen LogP contribution in [0.2, 0.25) is 0 Å². The summed E-state index contributed by atoms with van der Waals surface area (Å²) in [6.45, 7) is 5.45. The first-order valence-electron chi connectivity index (χ1n) is 10.1. The largest absolute Gasteiger partial charge is 0.496 e. The van der Waals surface area contributed by atoms with Gasteiger partial charge < -0.3 is 23.9 Å². The van der Waals surface area contributed by atoms with Gasteiger partial charge in [-0.3, -0.25) is 4.79 Å². The maximum absolute atomic E-state index is 13.1. The Morgan fingerprint density at radius 1 is 1.13 bits per heavy atom. The minimum Gasteiger partial charge on any atom is -0.496 e. The van der Waals surface area contributed by atoms with Crippen molar-refractivity contribution in [1.29, 1.82) is 0 Å². The van der Waals surface area contributed by atoms with E-state index in [-0.39, 0.29) is 5.91 Å². The number of ether oxygens (including phenoxy) is 3. The van der Waals surface area contributed by atoms with Gasteiger partial charge in [-0.05, 0) is 43.9 Å². The summed E-state index contributed by atoms with van der Waals surface area (Å²) in [5, 5.41) is 2.97. The normalized spacial score (nSPS) is 14.7. The Balaban J connectivity index is 1.68. The minimum atomic E-state index is -0.265. The molecule has 1 fully saturated rings. The van der Waals surface area contributed by atoms with Crippen molar-refractivity contribution >= 4 is 17.2 Å². The van der Waals surface area contributed by atoms with Crippen LogP contribution >= 0.6 is 0 Å². The molecule has 7 heteroatoms. The van der Waals surface area contributed by atoms with E-state index in [1.807, 2.05) is 36.6 Å². The van der Waals surface area contributed by atoms with E-state index in [4.69, 9.17) is 19.2 Å². The molecule has 0 bridgehead atoms. The molecule has 1 saturated heterocycles. The van der Waals surface area contributed by atoms with Gasteiger partial charge in [-0.25, -0.2) is 4.98 Å². The average Bonchev–Trinajstić information content (AvgIpc) is 3.16. The highest BCUT2D eigenvalue weighted by Crippen LogP contribution is 2.32. The fourth-order valence-electron chi connectivity index (χ4n) is 4.07. The van der Waals surface area contributed by atoms with Crippen molar-refractivity contribution in [2.24, 2.45) is 0 Å². The van der Waals surface area contributed by atoms with Crippen molar-refractivity contribution in [3.8, 4) is 11.5 Å². The molecule has 0 radical (unpaired) electrons. The van der Waals surface area contributed by atoms with Gasteiger partial charge in [0.05, 0.1) is 31.2 Å². The lowest BCUT2D eigenvalue weighted by Gasteiger charge is -2.19. The highest BCUT2D eigenvalue weighted by atomic mass is 16.5. The molecule has 0 saturated carbocycles. The summed E-state index contributed by atoms with van der Waals surface area (Å²) in [7, 11) is 3.16. The molecule has 1 amide bonds. The highest BCUT2D eigenvalue weighted by molar-refractivity contribution is 6.07. The number of imidazole rings is 1. The number of rotatable bonds is 5. The summed E-state index contributed by atoms with van der Waals surface area (Å²) in [5.41, 5.74) is 4.85. The van der Waals surface area contributed by atoms with Crippen molar-refractivity contribution in [1.82, 2.24) is 9.38 Å². The number of aryl methyl sites for hydroxylation is 2. The molecule has 1 N–H and O–H groups in total. The van der Waals surface area contributed by atoms with E-state index in [0.29, 0.717) is 28.7 Å². The van der Waals surface area contributed by atoms with Gasteiger partial charge in [-0.1, -0.05) is 6.07 Å². The molecule has 0 spiro atoms. The maximum Gasteiger partial charge on any atom is 0.261 e. The Kier molecular flexibility index (Phi) is 5.63. The number of nitrogens with one attached hydrogen (secondary N) is 1. The van der Waals surface area contributed by atoms with Crippen LogP contribution in [0.15, 0.2) is 30.6 Å². The Labute approximate surface area is 176 Å². The molecule has 7 nitrogen and oxygen atoms in total. The fraction of sp³-hybridized carbons (Fsp3) is 0.391. The third kappa shape index (κ3) is 3.85. The topological polar surface area (TPSA) is 74.1 Å². The zero-order valence-corrected chi connectivity index (χ0v) is 17.8. The summed E-state index contributed by atoms with van der Waals surface area (Å²) < 4.78 is 18.3. The number of amides is 1. The van der Waals surface area contributed by atoms with Gasteiger partial charge in [0.25, 0.3) is 5.91 Å². The van der Waals surface area contributed by atoms with Crippen LogP contribution in [-0.4, -0.2) is 42.7 Å². The molecular formula is C23H27N3O4. The van der Waals surface area contributed by atoms with E-state index in [9.17, 15) is 4.79 Å². The second-order valence-corrected chi connectivity index (χ2v) is 7.69. The fourth-order valence-corrected chi connectivity index (χ4v) is 4.07. The van der Waals surface area contributed by atoms with Crippen LogP contribution in [0.1, 0.15) is 45.9 Å². The summed E-state index contributed by atoms with van der Waals surface area (Å²) in [5.74, 6) is 1.24. The number of hydrogen-bond donors (Lipinski definition) is 1. The standard InChI is InChI=1S/C23H27N3O4/c1-14-9-15(2)22(29-4)18(10-14)25-23(27)17-12-26-13-19(16-5-7-30-8-6-16)24-21(26)11-20(17)28-3/h9-13,16H,5-8H2,1-4H3,(H,25,27). The van der Waals surface area contributed by atoms with Gasteiger partial charge in [0.1, 0.15) is 17.1 Å². The van der Waals surface area contributed by atoms with E-state index < -0.39 is 0 Å². The molecule has 0 aliphatic carbocycles. The van der Waals surface area contributed by atoms with Crippen LogP contribution in [0.4, 0.5) is 5.69 Å². The number of methoxy groups -OCH3 is 2. The lowest BCUT2D eigenvalue weighted by atomic mass is 9.97. The zero-order chi connectivity index (χ0) is 21.3. The third-order valence-corrected chi connectivity index (χ3v) is 5.55. The van der Waals surface area contributed by atoms with Crippen LogP contribution in [0.3, 0.4) is 0 Å². The third-order valence-electron chi connectivity index (χ3n) is 5.55. The van der Waals surface area contributed by atoms with E-state index >= 15 is 0 Å². The second-order valence-electron chi connectivity index (χ2n) is 7.69. The van der Waals surface area contributed by atoms with Crippen molar-refractivity contribution in [2.45, 2.75) is 32.6 Å². The van der Waals surface area contributed by atoms with E-state index in [0.717, 1.165) is 48.5 Å². The predicted octanol–water partition coefficient (Wildman–Crippen LogP) is 4.11. The van der Waals surface area contributed by atoms with Gasteiger partial charge in [0, 0.05) is 37.6 Å². The summed E-state index contributed by atoms with van der Waals surface area (Å²) >= 11 is 0. The monoisotopic (exact) mass is 409 g/mol. The Morgan fingerprint density at radius 2 is 1.90 bits per heavy atom. The second kappa shape index (κ2) is 8.36. The number of hydrogen-bond acceptors (Lipinski definition) is 5. The summed E-state index contributed by atoms with van der Waals surface area (Å²) in [4.78, 5) is 17.9. The van der Waals surface area contributed by atoms with Crippen molar-refractivity contribution in [2.75, 3.05) is 32.8 Å². The van der Waals surface area contributed by atoms with Crippen LogP contribution in [-0.2, 0) is 4.74 Å². The van der Waals surface area contributed by atoms with E-state index in [1.165, 1.54) is 0 Å². The number of carbonyl (C=O) groups excluding carboxylic acids is 1. The molecule has 4 rings (SSSR count). The quantitative estimate of drug-likeness (QED) is 0.686. The average molecular weight is 409 g/mol. The van der Waals surface area contributed by atoms with Crippen molar-refractivity contribution < 1.29 is 19.0 Å². The van der Waals surface area contributed by atoms with Gasteiger partial charge >= 0.3 is 0 Å². The smallest absolute Gasteiger partial charge is 0.261 e. The van der Waals surface area contributed by atoms with Crippen LogP contribution in [0, 0.1) is 13.8 Å². The first-order chi connectivity index (χ1) is 14.5. The minimum absolute atomic E-state index is 0.265. The first-order valence-corrected chi connectivity index (χ1v) is 10.1. The molecule has 0 atom stereocenters. The number of pyridine rings is 1. The Bertz CT molecular complexity index is 1080. The SMILES string of the molecule is COc1cc2nc(C3CCOCC3)cn2cc1C(=O)Nc1cc(C)cc(C)c1OC. The molecular weight excluding hydrogens is 382 g/mol. The molecule has 3 heterocycles.